The third-order valence-electron chi connectivity index (χ3n) is 5.59. The van der Waals surface area contributed by atoms with Gasteiger partial charge in [-0.1, -0.05) is 35.1 Å². The van der Waals surface area contributed by atoms with Crippen LogP contribution in [0.25, 0.3) is 10.9 Å². The summed E-state index contributed by atoms with van der Waals surface area (Å²) in [6, 6.07) is 13.4. The second-order valence-electron chi connectivity index (χ2n) is 7.49. The minimum absolute atomic E-state index is 0.192. The van der Waals surface area contributed by atoms with Crippen molar-refractivity contribution < 1.29 is 14.4 Å². The summed E-state index contributed by atoms with van der Waals surface area (Å²) in [7, 11) is 1.58. The molecule has 1 amide bonds. The van der Waals surface area contributed by atoms with E-state index in [1.165, 1.54) is 16.9 Å². The maximum Gasteiger partial charge on any atom is 0.278 e. The molecule has 32 heavy (non-hydrogen) atoms. The molecule has 0 saturated heterocycles. The van der Waals surface area contributed by atoms with E-state index >= 15 is 0 Å². The number of benzene rings is 2. The van der Waals surface area contributed by atoms with Crippen LogP contribution in [0.15, 0.2) is 48.7 Å². The van der Waals surface area contributed by atoms with Crippen molar-refractivity contribution in [3.05, 3.63) is 75.4 Å². The molecular weight excluding hydrogens is 448 g/mol. The lowest BCUT2D eigenvalue weighted by molar-refractivity contribution is -0.120. The summed E-state index contributed by atoms with van der Waals surface area (Å²) < 4.78 is 5.90. The Hall–Kier alpha value is -2.91. The summed E-state index contributed by atoms with van der Waals surface area (Å²) in [5.74, 6) is 0.687. The van der Waals surface area contributed by atoms with Crippen molar-refractivity contribution >= 4 is 40.3 Å². The average molecular weight is 469 g/mol. The summed E-state index contributed by atoms with van der Waals surface area (Å²) in [6.07, 6.45) is 3.46. The van der Waals surface area contributed by atoms with E-state index in [2.05, 4.69) is 15.4 Å². The van der Waals surface area contributed by atoms with E-state index in [1.807, 2.05) is 47.4 Å². The third-order valence-corrected chi connectivity index (χ3v) is 6.70. The first-order chi connectivity index (χ1) is 15.7. The summed E-state index contributed by atoms with van der Waals surface area (Å²) in [5, 5.41) is 2.39. The van der Waals surface area contributed by atoms with Crippen LogP contribution in [0.3, 0.4) is 0 Å². The van der Waals surface area contributed by atoms with Gasteiger partial charge in [0.15, 0.2) is 0 Å². The SMILES string of the molecule is CONCc1cnc(Oc2ccc(C3c4[nH]c5ccc(Cl)cc5c4CCN3C=O)cc2)s1. The van der Waals surface area contributed by atoms with Crippen molar-refractivity contribution in [3.8, 4) is 10.9 Å². The van der Waals surface area contributed by atoms with Crippen LogP contribution in [0, 0.1) is 0 Å². The number of fused-ring (bicyclic) bond motifs is 3. The van der Waals surface area contributed by atoms with Crippen LogP contribution in [-0.2, 0) is 22.6 Å². The zero-order valence-electron chi connectivity index (χ0n) is 17.3. The van der Waals surface area contributed by atoms with Crippen molar-refractivity contribution in [2.45, 2.75) is 19.0 Å². The molecule has 3 heterocycles. The number of halogens is 1. The van der Waals surface area contributed by atoms with E-state index < -0.39 is 0 Å². The molecule has 0 bridgehead atoms. The highest BCUT2D eigenvalue weighted by Gasteiger charge is 2.31. The molecule has 0 radical (unpaired) electrons. The normalized spacial score (nSPS) is 15.7. The van der Waals surface area contributed by atoms with Crippen LogP contribution >= 0.6 is 22.9 Å². The minimum atomic E-state index is -0.192. The molecule has 9 heteroatoms. The van der Waals surface area contributed by atoms with E-state index in [9.17, 15) is 4.79 Å². The average Bonchev–Trinajstić information content (AvgIpc) is 3.41. The number of H-pyrrole nitrogens is 1. The number of nitrogens with one attached hydrogen (secondary N) is 2. The van der Waals surface area contributed by atoms with Crippen molar-refractivity contribution in [3.63, 3.8) is 0 Å². The minimum Gasteiger partial charge on any atom is -0.431 e. The van der Waals surface area contributed by atoms with Crippen LogP contribution in [0.5, 0.6) is 10.9 Å². The molecule has 2 aromatic carbocycles. The molecule has 1 aliphatic heterocycles. The van der Waals surface area contributed by atoms with Crippen LogP contribution < -0.4 is 10.2 Å². The molecular formula is C23H21ClN4O3S. The molecule has 164 valence electrons. The number of amides is 1. The maximum absolute atomic E-state index is 11.9. The van der Waals surface area contributed by atoms with E-state index in [0.29, 0.717) is 29.1 Å². The van der Waals surface area contributed by atoms with Gasteiger partial charge in [0.25, 0.3) is 5.19 Å². The zero-order valence-corrected chi connectivity index (χ0v) is 18.9. The Morgan fingerprint density at radius 3 is 2.94 bits per heavy atom. The highest BCUT2D eigenvalue weighted by atomic mass is 35.5. The highest BCUT2D eigenvalue weighted by molar-refractivity contribution is 7.13. The number of thiazole rings is 1. The van der Waals surface area contributed by atoms with Crippen molar-refractivity contribution in [1.29, 1.82) is 0 Å². The summed E-state index contributed by atoms with van der Waals surface area (Å²) in [5.41, 5.74) is 7.07. The Bertz CT molecular complexity index is 1250. The maximum atomic E-state index is 11.9. The number of aromatic nitrogens is 2. The second kappa shape index (κ2) is 8.91. The van der Waals surface area contributed by atoms with Crippen LogP contribution in [0.1, 0.15) is 27.7 Å². The predicted molar refractivity (Wildman–Crippen MR) is 124 cm³/mol. The Morgan fingerprint density at radius 2 is 2.16 bits per heavy atom. The van der Waals surface area contributed by atoms with Crippen LogP contribution in [-0.4, -0.2) is 34.9 Å². The molecule has 4 aromatic rings. The number of hydroxylamine groups is 1. The zero-order chi connectivity index (χ0) is 22.1. The van der Waals surface area contributed by atoms with Gasteiger partial charge in [-0.25, -0.2) is 4.98 Å². The Morgan fingerprint density at radius 1 is 1.31 bits per heavy atom. The number of hydrogen-bond acceptors (Lipinski definition) is 6. The smallest absolute Gasteiger partial charge is 0.278 e. The Labute approximate surface area is 193 Å². The van der Waals surface area contributed by atoms with Gasteiger partial charge < -0.3 is 19.5 Å². The monoisotopic (exact) mass is 468 g/mol. The van der Waals surface area contributed by atoms with Gasteiger partial charge in [-0.05, 0) is 47.9 Å². The van der Waals surface area contributed by atoms with Crippen LogP contribution in [0.2, 0.25) is 5.02 Å². The fourth-order valence-electron chi connectivity index (χ4n) is 4.13. The number of aromatic amines is 1. The van der Waals surface area contributed by atoms with Crippen molar-refractivity contribution in [2.75, 3.05) is 13.7 Å². The highest BCUT2D eigenvalue weighted by Crippen LogP contribution is 2.39. The quantitative estimate of drug-likeness (QED) is 0.300. The molecule has 1 aliphatic rings. The topological polar surface area (TPSA) is 79.5 Å². The number of nitrogens with zero attached hydrogens (tertiary/aromatic N) is 2. The van der Waals surface area contributed by atoms with E-state index in [0.717, 1.165) is 39.9 Å². The van der Waals surface area contributed by atoms with Gasteiger partial charge in [0.1, 0.15) is 5.75 Å². The summed E-state index contributed by atoms with van der Waals surface area (Å²) >= 11 is 7.68. The molecule has 1 unspecified atom stereocenters. The van der Waals surface area contributed by atoms with Gasteiger partial charge in [-0.15, -0.1) is 0 Å². The summed E-state index contributed by atoms with van der Waals surface area (Å²) in [6.45, 7) is 1.22. The number of carbonyl (C=O) groups is 1. The molecule has 0 spiro atoms. The Kier molecular flexibility index (Phi) is 5.84. The van der Waals surface area contributed by atoms with Crippen molar-refractivity contribution in [2.24, 2.45) is 0 Å². The fraction of sp³-hybridized carbons (Fsp3) is 0.217. The lowest BCUT2D eigenvalue weighted by atomic mass is 9.93. The van der Waals surface area contributed by atoms with E-state index in [-0.39, 0.29) is 6.04 Å². The van der Waals surface area contributed by atoms with Crippen LogP contribution in [0.4, 0.5) is 0 Å². The number of rotatable bonds is 7. The van der Waals surface area contributed by atoms with Gasteiger partial charge in [0.05, 0.1) is 19.7 Å². The molecule has 0 saturated carbocycles. The van der Waals surface area contributed by atoms with Gasteiger partial charge in [-0.2, -0.15) is 5.48 Å². The van der Waals surface area contributed by atoms with E-state index in [4.69, 9.17) is 21.2 Å². The summed E-state index contributed by atoms with van der Waals surface area (Å²) in [4.78, 5) is 27.4. The molecule has 5 rings (SSSR count). The standard InChI is InChI=1S/C23H21ClN4O3S/c1-30-26-12-17-11-25-23(32-17)31-16-5-2-14(3-6-16)22-21-18(8-9-28(22)13-29)19-10-15(24)4-7-20(19)27-21/h2-7,10-11,13,22,26-27H,8-9,12H2,1H3. The lowest BCUT2D eigenvalue weighted by Crippen LogP contribution is -2.34. The molecule has 2 aromatic heterocycles. The van der Waals surface area contributed by atoms with Gasteiger partial charge in [0.2, 0.25) is 6.41 Å². The molecule has 1 atom stereocenters. The van der Waals surface area contributed by atoms with Gasteiger partial charge in [0, 0.05) is 39.2 Å². The predicted octanol–water partition coefficient (Wildman–Crippen LogP) is 4.83. The second-order valence-corrected chi connectivity index (χ2v) is 9.01. The number of ether oxygens (including phenoxy) is 1. The molecule has 2 N–H and O–H groups in total. The largest absolute Gasteiger partial charge is 0.431 e. The lowest BCUT2D eigenvalue weighted by Gasteiger charge is -2.33. The fourth-order valence-corrected chi connectivity index (χ4v) is 5.01. The number of hydrogen-bond donors (Lipinski definition) is 2. The molecule has 7 nitrogen and oxygen atoms in total. The first-order valence-corrected chi connectivity index (χ1v) is 11.3. The van der Waals surface area contributed by atoms with Gasteiger partial charge in [-0.3, -0.25) is 4.79 Å². The molecule has 0 fully saturated rings. The first-order valence-electron chi connectivity index (χ1n) is 10.2. The molecule has 0 aliphatic carbocycles. The van der Waals surface area contributed by atoms with Gasteiger partial charge >= 0.3 is 0 Å². The third kappa shape index (κ3) is 3.98. The van der Waals surface area contributed by atoms with Crippen molar-refractivity contribution in [1.82, 2.24) is 20.3 Å². The first kappa shape index (κ1) is 21.0. The Balaban J connectivity index is 1.42. The number of carbonyl (C=O) groups excluding carboxylic acids is 1. The van der Waals surface area contributed by atoms with E-state index in [1.54, 1.807) is 13.3 Å².